The van der Waals surface area contributed by atoms with Gasteiger partial charge in [-0.15, -0.1) is 0 Å². The van der Waals surface area contributed by atoms with Gasteiger partial charge in [-0.3, -0.25) is 20.8 Å². The number of nitrogens with one attached hydrogen (secondary N) is 1. The molecule has 0 radical (unpaired) electrons. The van der Waals surface area contributed by atoms with Crippen molar-refractivity contribution in [1.82, 2.24) is 4.90 Å². The van der Waals surface area contributed by atoms with Gasteiger partial charge in [0.2, 0.25) is 0 Å². The molecule has 0 atom stereocenters. The van der Waals surface area contributed by atoms with E-state index in [0.29, 0.717) is 31.6 Å². The molecule has 0 saturated carbocycles. The fourth-order valence-electron chi connectivity index (χ4n) is 2.31. The summed E-state index contributed by atoms with van der Waals surface area (Å²) >= 11 is 0. The van der Waals surface area contributed by atoms with Gasteiger partial charge in [0.05, 0.1) is 21.8 Å². The molecule has 1 aliphatic heterocycles. The number of hydrogen-bond acceptors (Lipinski definition) is 6. The molecule has 0 bridgehead atoms. The van der Waals surface area contributed by atoms with Crippen LogP contribution in [0, 0.1) is 10.1 Å². The van der Waals surface area contributed by atoms with Crippen molar-refractivity contribution >= 4 is 17.3 Å². The standard InChI is InChI=1S/C13H18N4O4/c1-13(19)4-6-16(7-5-13)12(18)10-8-9(17(20)21)2-3-11(10)15-14/h2-3,8,15,19H,4-7,14H2,1H3. The molecular weight excluding hydrogens is 276 g/mol. The summed E-state index contributed by atoms with van der Waals surface area (Å²) in [6.45, 7) is 2.53. The smallest absolute Gasteiger partial charge is 0.270 e. The second-order valence-electron chi connectivity index (χ2n) is 5.42. The van der Waals surface area contributed by atoms with Gasteiger partial charge in [-0.2, -0.15) is 0 Å². The van der Waals surface area contributed by atoms with E-state index in [0.717, 1.165) is 0 Å². The van der Waals surface area contributed by atoms with Crippen molar-refractivity contribution in [2.24, 2.45) is 5.84 Å². The van der Waals surface area contributed by atoms with Crippen molar-refractivity contribution in [1.29, 1.82) is 0 Å². The topological polar surface area (TPSA) is 122 Å². The zero-order valence-corrected chi connectivity index (χ0v) is 11.7. The zero-order valence-electron chi connectivity index (χ0n) is 11.7. The van der Waals surface area contributed by atoms with Gasteiger partial charge < -0.3 is 15.4 Å². The average molecular weight is 294 g/mol. The van der Waals surface area contributed by atoms with Crippen LogP contribution in [0.5, 0.6) is 0 Å². The summed E-state index contributed by atoms with van der Waals surface area (Å²) in [6, 6.07) is 3.91. The summed E-state index contributed by atoms with van der Waals surface area (Å²) in [5.74, 6) is 5.03. The summed E-state index contributed by atoms with van der Waals surface area (Å²) in [5.41, 5.74) is 1.94. The number of nitro groups is 1. The highest BCUT2D eigenvalue weighted by atomic mass is 16.6. The lowest BCUT2D eigenvalue weighted by Crippen LogP contribution is -2.45. The van der Waals surface area contributed by atoms with Gasteiger partial charge in [0.15, 0.2) is 0 Å². The molecule has 8 nitrogen and oxygen atoms in total. The number of likely N-dealkylation sites (tertiary alicyclic amines) is 1. The van der Waals surface area contributed by atoms with E-state index < -0.39 is 10.5 Å². The maximum absolute atomic E-state index is 12.5. The van der Waals surface area contributed by atoms with E-state index >= 15 is 0 Å². The molecule has 1 aromatic carbocycles. The van der Waals surface area contributed by atoms with Gasteiger partial charge in [-0.05, 0) is 25.8 Å². The van der Waals surface area contributed by atoms with Crippen LogP contribution in [0.15, 0.2) is 18.2 Å². The Kier molecular flexibility index (Phi) is 4.10. The number of amides is 1. The van der Waals surface area contributed by atoms with Crippen molar-refractivity contribution in [2.45, 2.75) is 25.4 Å². The molecule has 21 heavy (non-hydrogen) atoms. The molecule has 0 spiro atoms. The number of hydrogen-bond donors (Lipinski definition) is 3. The normalized spacial score (nSPS) is 17.4. The Bertz CT molecular complexity index is 563. The highest BCUT2D eigenvalue weighted by molar-refractivity contribution is 6.00. The molecule has 1 heterocycles. The van der Waals surface area contributed by atoms with Crippen LogP contribution in [0.4, 0.5) is 11.4 Å². The SMILES string of the molecule is CC1(O)CCN(C(=O)c2cc([N+](=O)[O-])ccc2NN)CC1. The number of nitro benzene ring substituents is 1. The van der Waals surface area contributed by atoms with Crippen LogP contribution in [0.25, 0.3) is 0 Å². The van der Waals surface area contributed by atoms with Crippen LogP contribution in [-0.2, 0) is 0 Å². The Hall–Kier alpha value is -2.19. The first-order valence-corrected chi connectivity index (χ1v) is 6.61. The molecule has 8 heteroatoms. The van der Waals surface area contributed by atoms with Crippen LogP contribution in [0.2, 0.25) is 0 Å². The summed E-state index contributed by atoms with van der Waals surface area (Å²) in [5, 5.41) is 20.7. The number of benzene rings is 1. The van der Waals surface area contributed by atoms with E-state index in [4.69, 9.17) is 5.84 Å². The van der Waals surface area contributed by atoms with Gasteiger partial charge >= 0.3 is 0 Å². The van der Waals surface area contributed by atoms with Crippen molar-refractivity contribution in [3.05, 3.63) is 33.9 Å². The van der Waals surface area contributed by atoms with E-state index in [1.54, 1.807) is 11.8 Å². The number of non-ortho nitro benzene ring substituents is 1. The fourth-order valence-corrected chi connectivity index (χ4v) is 2.31. The molecule has 2 rings (SSSR count). The van der Waals surface area contributed by atoms with E-state index in [1.165, 1.54) is 18.2 Å². The molecule has 1 saturated heterocycles. The number of hydrazine groups is 1. The number of nitrogen functional groups attached to an aromatic ring is 1. The van der Waals surface area contributed by atoms with E-state index in [9.17, 15) is 20.0 Å². The molecule has 1 amide bonds. The number of rotatable bonds is 3. The lowest BCUT2D eigenvalue weighted by atomic mass is 9.93. The Morgan fingerprint density at radius 1 is 1.48 bits per heavy atom. The molecular formula is C13H18N4O4. The Labute approximate surface area is 121 Å². The molecule has 1 aliphatic rings. The second-order valence-corrected chi connectivity index (χ2v) is 5.42. The molecule has 0 aliphatic carbocycles. The molecule has 1 aromatic rings. The Morgan fingerprint density at radius 2 is 2.10 bits per heavy atom. The number of carbonyl (C=O) groups is 1. The maximum atomic E-state index is 12.5. The summed E-state index contributed by atoms with van der Waals surface area (Å²) < 4.78 is 0. The van der Waals surface area contributed by atoms with Gasteiger partial charge in [0.25, 0.3) is 11.6 Å². The van der Waals surface area contributed by atoms with E-state index in [1.807, 2.05) is 0 Å². The van der Waals surface area contributed by atoms with Gasteiger partial charge in [0, 0.05) is 25.2 Å². The summed E-state index contributed by atoms with van der Waals surface area (Å²) in [7, 11) is 0. The Balaban J connectivity index is 2.26. The second kappa shape index (κ2) is 5.66. The van der Waals surface area contributed by atoms with Crippen LogP contribution < -0.4 is 11.3 Å². The number of carbonyl (C=O) groups excluding carboxylic acids is 1. The quantitative estimate of drug-likeness (QED) is 0.432. The fraction of sp³-hybridized carbons (Fsp3) is 0.462. The zero-order chi connectivity index (χ0) is 15.6. The van der Waals surface area contributed by atoms with Crippen molar-refractivity contribution in [2.75, 3.05) is 18.5 Å². The lowest BCUT2D eigenvalue weighted by Gasteiger charge is -2.36. The predicted molar refractivity (Wildman–Crippen MR) is 76.7 cm³/mol. The highest BCUT2D eigenvalue weighted by Gasteiger charge is 2.31. The first-order chi connectivity index (χ1) is 9.84. The monoisotopic (exact) mass is 294 g/mol. The van der Waals surface area contributed by atoms with Crippen LogP contribution in [-0.4, -0.2) is 39.5 Å². The predicted octanol–water partition coefficient (Wildman–Crippen LogP) is 0.867. The number of anilines is 1. The minimum absolute atomic E-state index is 0.160. The largest absolute Gasteiger partial charge is 0.390 e. The van der Waals surface area contributed by atoms with Gasteiger partial charge in [-0.1, -0.05) is 0 Å². The molecule has 114 valence electrons. The lowest BCUT2D eigenvalue weighted by molar-refractivity contribution is -0.384. The minimum Gasteiger partial charge on any atom is -0.390 e. The maximum Gasteiger partial charge on any atom is 0.270 e. The number of piperidine rings is 1. The molecule has 4 N–H and O–H groups in total. The molecule has 0 unspecified atom stereocenters. The number of nitrogens with two attached hydrogens (primary N) is 1. The van der Waals surface area contributed by atoms with E-state index in [2.05, 4.69) is 5.43 Å². The number of nitrogens with zero attached hydrogens (tertiary/aromatic N) is 2. The third-order valence-corrected chi connectivity index (χ3v) is 3.73. The van der Waals surface area contributed by atoms with Crippen LogP contribution in [0.1, 0.15) is 30.1 Å². The third kappa shape index (κ3) is 3.29. The minimum atomic E-state index is -0.769. The summed E-state index contributed by atoms with van der Waals surface area (Å²) in [6.07, 6.45) is 0.943. The Morgan fingerprint density at radius 3 is 2.62 bits per heavy atom. The average Bonchev–Trinajstić information content (AvgIpc) is 2.45. The van der Waals surface area contributed by atoms with Crippen molar-refractivity contribution in [3.8, 4) is 0 Å². The van der Waals surface area contributed by atoms with Crippen LogP contribution >= 0.6 is 0 Å². The third-order valence-electron chi connectivity index (χ3n) is 3.73. The van der Waals surface area contributed by atoms with Crippen LogP contribution in [0.3, 0.4) is 0 Å². The highest BCUT2D eigenvalue weighted by Crippen LogP contribution is 2.26. The molecule has 1 fully saturated rings. The van der Waals surface area contributed by atoms with E-state index in [-0.39, 0.29) is 17.2 Å². The van der Waals surface area contributed by atoms with Gasteiger partial charge in [-0.25, -0.2) is 0 Å². The first kappa shape index (κ1) is 15.2. The van der Waals surface area contributed by atoms with Crippen molar-refractivity contribution < 1.29 is 14.8 Å². The molecule has 0 aromatic heterocycles. The summed E-state index contributed by atoms with van der Waals surface area (Å²) in [4.78, 5) is 24.3. The van der Waals surface area contributed by atoms with Gasteiger partial charge in [0.1, 0.15) is 0 Å². The van der Waals surface area contributed by atoms with Crippen molar-refractivity contribution in [3.63, 3.8) is 0 Å². The first-order valence-electron chi connectivity index (χ1n) is 6.61. The number of aliphatic hydroxyl groups is 1.